The van der Waals surface area contributed by atoms with Gasteiger partial charge in [-0.15, -0.1) is 0 Å². The number of carbonyl (C=O) groups excluding carboxylic acids is 1. The third kappa shape index (κ3) is 3.34. The molecule has 2 N–H and O–H groups in total. The summed E-state index contributed by atoms with van der Waals surface area (Å²) >= 11 is 0. The highest BCUT2D eigenvalue weighted by Gasteiger charge is 2.60. The highest BCUT2D eigenvalue weighted by atomic mass is 16.3. The Balaban J connectivity index is 1.53. The van der Waals surface area contributed by atoms with Gasteiger partial charge in [0.1, 0.15) is 5.75 Å². The third-order valence-electron chi connectivity index (χ3n) is 5.14. The predicted molar refractivity (Wildman–Crippen MR) is 106 cm³/mol. The Morgan fingerprint density at radius 3 is 2.04 bits per heavy atom. The van der Waals surface area contributed by atoms with E-state index in [4.69, 9.17) is 0 Å². The molecule has 4 rings (SSSR count). The topological polar surface area (TPSA) is 61.7 Å². The predicted octanol–water partition coefficient (Wildman–Crippen LogP) is 3.85. The van der Waals surface area contributed by atoms with Crippen LogP contribution in [0.5, 0.6) is 5.75 Å². The Morgan fingerprint density at radius 1 is 0.926 bits per heavy atom. The van der Waals surface area contributed by atoms with Gasteiger partial charge in [0.2, 0.25) is 5.91 Å². The molecule has 134 valence electrons. The number of phenols is 1. The fourth-order valence-electron chi connectivity index (χ4n) is 3.66. The molecule has 0 aliphatic heterocycles. The summed E-state index contributed by atoms with van der Waals surface area (Å²) < 4.78 is 0. The molecule has 3 aromatic carbocycles. The number of carbonyl (C=O) groups is 1. The standard InChI is InChI=1S/C23H20N2O2/c26-20-13-11-17(12-14-20)16-24-25-22(27)21-15-23(21,18-7-3-1-4-8-18)19-9-5-2-6-10-19/h1-14,16,21,26H,15H2,(H,25,27)/b24-16+/t21-/m0/s1. The average molecular weight is 356 g/mol. The second-order valence-corrected chi connectivity index (χ2v) is 6.79. The summed E-state index contributed by atoms with van der Waals surface area (Å²) in [6.45, 7) is 0. The molecule has 4 heteroatoms. The van der Waals surface area contributed by atoms with Crippen LogP contribution in [0.1, 0.15) is 23.1 Å². The summed E-state index contributed by atoms with van der Waals surface area (Å²) in [6, 6.07) is 27.0. The van der Waals surface area contributed by atoms with Crippen molar-refractivity contribution in [2.24, 2.45) is 11.0 Å². The molecule has 0 aromatic heterocycles. The van der Waals surface area contributed by atoms with Crippen LogP contribution in [0, 0.1) is 5.92 Å². The van der Waals surface area contributed by atoms with Crippen LogP contribution < -0.4 is 5.43 Å². The van der Waals surface area contributed by atoms with Crippen LogP contribution in [0.25, 0.3) is 0 Å². The lowest BCUT2D eigenvalue weighted by Gasteiger charge is -2.18. The Morgan fingerprint density at radius 2 is 1.48 bits per heavy atom. The first-order valence-corrected chi connectivity index (χ1v) is 8.93. The number of amides is 1. The van der Waals surface area contributed by atoms with E-state index >= 15 is 0 Å². The summed E-state index contributed by atoms with van der Waals surface area (Å²) in [5, 5.41) is 13.4. The van der Waals surface area contributed by atoms with Crippen LogP contribution >= 0.6 is 0 Å². The number of hydrogen-bond donors (Lipinski definition) is 2. The molecule has 4 nitrogen and oxygen atoms in total. The van der Waals surface area contributed by atoms with Gasteiger partial charge in [0, 0.05) is 5.41 Å². The SMILES string of the molecule is O=C(N/N=C/c1ccc(O)cc1)[C@@H]1CC1(c1ccccc1)c1ccccc1. The van der Waals surface area contributed by atoms with Gasteiger partial charge in [0.15, 0.2) is 0 Å². The smallest absolute Gasteiger partial charge is 0.244 e. The van der Waals surface area contributed by atoms with Crippen LogP contribution in [-0.2, 0) is 10.2 Å². The first-order chi connectivity index (χ1) is 13.2. The molecule has 27 heavy (non-hydrogen) atoms. The van der Waals surface area contributed by atoms with Gasteiger partial charge in [-0.1, -0.05) is 60.7 Å². The normalized spacial score (nSPS) is 17.6. The average Bonchev–Trinajstić information content (AvgIpc) is 3.48. The van der Waals surface area contributed by atoms with Crippen molar-refractivity contribution in [3.8, 4) is 5.75 Å². The first-order valence-electron chi connectivity index (χ1n) is 8.93. The number of rotatable bonds is 5. The van der Waals surface area contributed by atoms with E-state index in [0.29, 0.717) is 0 Å². The lowest BCUT2D eigenvalue weighted by molar-refractivity contribution is -0.122. The Hall–Kier alpha value is -3.40. The van der Waals surface area contributed by atoms with Crippen molar-refractivity contribution in [3.63, 3.8) is 0 Å². The van der Waals surface area contributed by atoms with Crippen LogP contribution in [0.3, 0.4) is 0 Å². The molecule has 1 aliphatic rings. The van der Waals surface area contributed by atoms with E-state index in [1.54, 1.807) is 30.5 Å². The van der Waals surface area contributed by atoms with E-state index in [1.165, 1.54) is 0 Å². The minimum absolute atomic E-state index is 0.0854. The van der Waals surface area contributed by atoms with E-state index < -0.39 is 0 Å². The monoisotopic (exact) mass is 356 g/mol. The lowest BCUT2D eigenvalue weighted by atomic mass is 9.85. The van der Waals surface area contributed by atoms with Crippen LogP contribution in [0.2, 0.25) is 0 Å². The molecule has 1 fully saturated rings. The molecule has 3 aromatic rings. The van der Waals surface area contributed by atoms with Crippen LogP contribution in [0.15, 0.2) is 90.0 Å². The third-order valence-corrected chi connectivity index (χ3v) is 5.14. The van der Waals surface area contributed by atoms with E-state index in [9.17, 15) is 9.90 Å². The highest BCUT2D eigenvalue weighted by Crippen LogP contribution is 2.58. The molecule has 0 saturated heterocycles. The zero-order chi connectivity index (χ0) is 18.7. The van der Waals surface area contributed by atoms with Gasteiger partial charge in [-0.2, -0.15) is 5.10 Å². The van der Waals surface area contributed by atoms with Gasteiger partial charge >= 0.3 is 0 Å². The molecule has 1 aliphatic carbocycles. The largest absolute Gasteiger partial charge is 0.508 e. The van der Waals surface area contributed by atoms with Crippen LogP contribution in [-0.4, -0.2) is 17.2 Å². The number of hydrogen-bond acceptors (Lipinski definition) is 3. The molecule has 0 radical (unpaired) electrons. The molecule has 1 atom stereocenters. The first kappa shape index (κ1) is 17.0. The van der Waals surface area contributed by atoms with Gasteiger partial charge in [0.05, 0.1) is 12.1 Å². The van der Waals surface area contributed by atoms with Crippen molar-refractivity contribution in [3.05, 3.63) is 102 Å². The molecule has 1 amide bonds. The Kier molecular flexibility index (Phi) is 4.47. The summed E-state index contributed by atoms with van der Waals surface area (Å²) in [4.78, 5) is 12.7. The van der Waals surface area contributed by atoms with Gasteiger partial charge in [-0.05, 0) is 47.4 Å². The maximum atomic E-state index is 12.7. The van der Waals surface area contributed by atoms with E-state index in [1.807, 2.05) is 36.4 Å². The number of nitrogens with zero attached hydrogens (tertiary/aromatic N) is 1. The van der Waals surface area contributed by atoms with E-state index in [0.717, 1.165) is 23.1 Å². The number of nitrogens with one attached hydrogen (secondary N) is 1. The summed E-state index contributed by atoms with van der Waals surface area (Å²) in [5.74, 6) is -0.0401. The zero-order valence-corrected chi connectivity index (χ0v) is 14.7. The lowest BCUT2D eigenvalue weighted by Crippen LogP contribution is -2.25. The van der Waals surface area contributed by atoms with Crippen molar-refractivity contribution < 1.29 is 9.90 Å². The van der Waals surface area contributed by atoms with E-state index in [-0.39, 0.29) is 23.0 Å². The minimum Gasteiger partial charge on any atom is -0.508 e. The Bertz CT molecular complexity index is 911. The number of phenolic OH excluding ortho intramolecular Hbond substituents is 1. The van der Waals surface area contributed by atoms with Gasteiger partial charge in [-0.3, -0.25) is 4.79 Å². The summed E-state index contributed by atoms with van der Waals surface area (Å²) in [6.07, 6.45) is 2.34. The van der Waals surface area contributed by atoms with Gasteiger partial charge < -0.3 is 5.11 Å². The van der Waals surface area contributed by atoms with Gasteiger partial charge in [-0.25, -0.2) is 5.43 Å². The van der Waals surface area contributed by atoms with Crippen molar-refractivity contribution in [2.75, 3.05) is 0 Å². The fraction of sp³-hybridized carbons (Fsp3) is 0.130. The summed E-state index contributed by atoms with van der Waals surface area (Å²) in [5.41, 5.74) is 5.49. The van der Waals surface area contributed by atoms with Gasteiger partial charge in [0.25, 0.3) is 0 Å². The zero-order valence-electron chi connectivity index (χ0n) is 14.7. The maximum Gasteiger partial charge on any atom is 0.244 e. The summed E-state index contributed by atoms with van der Waals surface area (Å²) in [7, 11) is 0. The Labute approximate surface area is 158 Å². The molecule has 0 unspecified atom stereocenters. The quantitative estimate of drug-likeness (QED) is 0.539. The molecule has 0 bridgehead atoms. The second kappa shape index (κ2) is 7.08. The highest BCUT2D eigenvalue weighted by molar-refractivity contribution is 5.87. The number of aromatic hydroxyl groups is 1. The van der Waals surface area contributed by atoms with Crippen molar-refractivity contribution >= 4 is 12.1 Å². The van der Waals surface area contributed by atoms with Crippen molar-refractivity contribution in [1.29, 1.82) is 0 Å². The minimum atomic E-state index is -0.291. The molecule has 1 saturated carbocycles. The molecular formula is C23H20N2O2. The van der Waals surface area contributed by atoms with Crippen molar-refractivity contribution in [2.45, 2.75) is 11.8 Å². The van der Waals surface area contributed by atoms with Crippen molar-refractivity contribution in [1.82, 2.24) is 5.43 Å². The fourth-order valence-corrected chi connectivity index (χ4v) is 3.66. The molecule has 0 spiro atoms. The number of benzene rings is 3. The number of hydrazone groups is 1. The second-order valence-electron chi connectivity index (χ2n) is 6.79. The van der Waals surface area contributed by atoms with E-state index in [2.05, 4.69) is 34.8 Å². The van der Waals surface area contributed by atoms with Crippen LogP contribution in [0.4, 0.5) is 0 Å². The molecule has 0 heterocycles. The molecular weight excluding hydrogens is 336 g/mol. The maximum absolute atomic E-state index is 12.7.